The van der Waals surface area contributed by atoms with Crippen LogP contribution in [0.5, 0.6) is 0 Å². The van der Waals surface area contributed by atoms with Crippen molar-refractivity contribution in [2.75, 3.05) is 13.1 Å². The van der Waals surface area contributed by atoms with E-state index in [2.05, 4.69) is 10.6 Å². The van der Waals surface area contributed by atoms with Crippen LogP contribution in [-0.2, 0) is 10.7 Å². The molecular weight excluding hydrogens is 264 g/mol. The third-order valence-corrected chi connectivity index (χ3v) is 2.77. The number of carbonyl (C=O) groups is 2. The van der Waals surface area contributed by atoms with Crippen LogP contribution in [-0.4, -0.2) is 24.9 Å². The number of rotatable bonds is 6. The van der Waals surface area contributed by atoms with Gasteiger partial charge in [-0.25, -0.2) is 0 Å². The van der Waals surface area contributed by atoms with E-state index >= 15 is 0 Å². The minimum atomic E-state index is -0.272. The van der Waals surface area contributed by atoms with Crippen molar-refractivity contribution >= 4 is 23.4 Å². The molecule has 19 heavy (non-hydrogen) atoms. The van der Waals surface area contributed by atoms with Gasteiger partial charge in [0, 0.05) is 18.0 Å². The van der Waals surface area contributed by atoms with Crippen LogP contribution in [0.15, 0.2) is 24.3 Å². The molecule has 1 aromatic carbocycles. The molecule has 0 heterocycles. The standard InChI is InChI=1S/C14H19ClN2O2/c1-10(2)8-16-13(18)9-17-14(19)12-5-3-4-11(6-12)7-15/h3-6,10H,7-9H2,1-2H3,(H,16,18)(H,17,19). The molecule has 0 saturated heterocycles. The molecule has 1 aromatic rings. The highest BCUT2D eigenvalue weighted by Gasteiger charge is 2.08. The van der Waals surface area contributed by atoms with Gasteiger partial charge in [-0.3, -0.25) is 9.59 Å². The van der Waals surface area contributed by atoms with Crippen molar-refractivity contribution in [3.8, 4) is 0 Å². The summed E-state index contributed by atoms with van der Waals surface area (Å²) >= 11 is 5.71. The quantitative estimate of drug-likeness (QED) is 0.783. The Morgan fingerprint density at radius 2 is 2.00 bits per heavy atom. The molecule has 0 aliphatic heterocycles. The van der Waals surface area contributed by atoms with Gasteiger partial charge in [-0.2, -0.15) is 0 Å². The lowest BCUT2D eigenvalue weighted by Gasteiger charge is -2.09. The Morgan fingerprint density at radius 3 is 2.63 bits per heavy atom. The largest absolute Gasteiger partial charge is 0.354 e. The number of carbonyl (C=O) groups excluding carboxylic acids is 2. The summed E-state index contributed by atoms with van der Waals surface area (Å²) in [6.07, 6.45) is 0. The van der Waals surface area contributed by atoms with E-state index in [-0.39, 0.29) is 18.4 Å². The van der Waals surface area contributed by atoms with Gasteiger partial charge >= 0.3 is 0 Å². The van der Waals surface area contributed by atoms with Crippen LogP contribution in [0.2, 0.25) is 0 Å². The first-order chi connectivity index (χ1) is 9.02. The van der Waals surface area contributed by atoms with E-state index < -0.39 is 0 Å². The molecule has 0 radical (unpaired) electrons. The van der Waals surface area contributed by atoms with E-state index in [4.69, 9.17) is 11.6 Å². The molecule has 0 spiro atoms. The van der Waals surface area contributed by atoms with Crippen LogP contribution >= 0.6 is 11.6 Å². The maximum absolute atomic E-state index is 11.8. The van der Waals surface area contributed by atoms with Crippen molar-refractivity contribution < 1.29 is 9.59 Å². The van der Waals surface area contributed by atoms with Crippen molar-refractivity contribution in [3.05, 3.63) is 35.4 Å². The maximum atomic E-state index is 11.8. The number of alkyl halides is 1. The van der Waals surface area contributed by atoms with Gasteiger partial charge in [-0.15, -0.1) is 11.6 Å². The van der Waals surface area contributed by atoms with E-state index in [1.165, 1.54) is 0 Å². The number of nitrogens with one attached hydrogen (secondary N) is 2. The van der Waals surface area contributed by atoms with Crippen LogP contribution in [0.3, 0.4) is 0 Å². The van der Waals surface area contributed by atoms with Gasteiger partial charge in [0.25, 0.3) is 5.91 Å². The average molecular weight is 283 g/mol. The predicted molar refractivity (Wildman–Crippen MR) is 76.2 cm³/mol. The molecule has 2 N–H and O–H groups in total. The van der Waals surface area contributed by atoms with Crippen LogP contribution in [0, 0.1) is 5.92 Å². The third kappa shape index (κ3) is 5.75. The second-order valence-electron chi connectivity index (χ2n) is 4.71. The van der Waals surface area contributed by atoms with Crippen molar-refractivity contribution in [2.24, 2.45) is 5.92 Å². The molecule has 0 aromatic heterocycles. The molecular formula is C14H19ClN2O2. The molecule has 0 aliphatic carbocycles. The summed E-state index contributed by atoms with van der Waals surface area (Å²) in [6, 6.07) is 7.02. The average Bonchev–Trinajstić information content (AvgIpc) is 2.42. The van der Waals surface area contributed by atoms with Gasteiger partial charge in [0.2, 0.25) is 5.91 Å². The summed E-state index contributed by atoms with van der Waals surface area (Å²) in [7, 11) is 0. The molecule has 5 heteroatoms. The van der Waals surface area contributed by atoms with E-state index in [1.807, 2.05) is 19.9 Å². The zero-order chi connectivity index (χ0) is 14.3. The highest BCUT2D eigenvalue weighted by Crippen LogP contribution is 2.07. The molecule has 0 bridgehead atoms. The number of hydrogen-bond donors (Lipinski definition) is 2. The summed E-state index contributed by atoms with van der Waals surface area (Å²) in [4.78, 5) is 23.3. The predicted octanol–water partition coefficient (Wildman–Crippen LogP) is 1.93. The lowest BCUT2D eigenvalue weighted by Crippen LogP contribution is -2.38. The lowest BCUT2D eigenvalue weighted by molar-refractivity contribution is -0.120. The zero-order valence-corrected chi connectivity index (χ0v) is 12.0. The Morgan fingerprint density at radius 1 is 1.26 bits per heavy atom. The van der Waals surface area contributed by atoms with Crippen molar-refractivity contribution in [3.63, 3.8) is 0 Å². The molecule has 0 aliphatic rings. The first-order valence-corrected chi connectivity index (χ1v) is 6.76. The van der Waals surface area contributed by atoms with Crippen molar-refractivity contribution in [2.45, 2.75) is 19.7 Å². The first-order valence-electron chi connectivity index (χ1n) is 6.22. The fourth-order valence-electron chi connectivity index (χ4n) is 1.44. The Bertz CT molecular complexity index is 447. The Balaban J connectivity index is 2.44. The summed E-state index contributed by atoms with van der Waals surface area (Å²) in [6.45, 7) is 4.61. The lowest BCUT2D eigenvalue weighted by atomic mass is 10.1. The first kappa shape index (κ1) is 15.5. The summed E-state index contributed by atoms with van der Waals surface area (Å²) in [5, 5.41) is 5.32. The number of hydrogen-bond acceptors (Lipinski definition) is 2. The van der Waals surface area contributed by atoms with E-state index in [0.717, 1.165) is 5.56 Å². The molecule has 0 fully saturated rings. The van der Waals surface area contributed by atoms with Crippen LogP contribution in [0.25, 0.3) is 0 Å². The number of benzene rings is 1. The van der Waals surface area contributed by atoms with Crippen LogP contribution < -0.4 is 10.6 Å². The molecule has 104 valence electrons. The normalized spacial score (nSPS) is 10.3. The monoisotopic (exact) mass is 282 g/mol. The second kappa shape index (κ2) is 7.79. The molecule has 2 amide bonds. The Labute approximate surface area is 118 Å². The van der Waals surface area contributed by atoms with Gasteiger partial charge < -0.3 is 10.6 Å². The number of halogens is 1. The summed E-state index contributed by atoms with van der Waals surface area (Å²) in [5.74, 6) is 0.290. The molecule has 0 unspecified atom stereocenters. The summed E-state index contributed by atoms with van der Waals surface area (Å²) < 4.78 is 0. The minimum Gasteiger partial charge on any atom is -0.354 e. The van der Waals surface area contributed by atoms with E-state index in [1.54, 1.807) is 18.2 Å². The molecule has 0 atom stereocenters. The highest BCUT2D eigenvalue weighted by atomic mass is 35.5. The third-order valence-electron chi connectivity index (χ3n) is 2.46. The Hall–Kier alpha value is -1.55. The topological polar surface area (TPSA) is 58.2 Å². The van der Waals surface area contributed by atoms with Crippen LogP contribution in [0.1, 0.15) is 29.8 Å². The smallest absolute Gasteiger partial charge is 0.251 e. The summed E-state index contributed by atoms with van der Waals surface area (Å²) in [5.41, 5.74) is 1.38. The van der Waals surface area contributed by atoms with Gasteiger partial charge in [0.05, 0.1) is 6.54 Å². The number of amides is 2. The highest BCUT2D eigenvalue weighted by molar-refractivity contribution is 6.17. The molecule has 1 rings (SSSR count). The van der Waals surface area contributed by atoms with Gasteiger partial charge in [-0.1, -0.05) is 26.0 Å². The van der Waals surface area contributed by atoms with Crippen molar-refractivity contribution in [1.29, 1.82) is 0 Å². The minimum absolute atomic E-state index is 0.0172. The van der Waals surface area contributed by atoms with E-state index in [0.29, 0.717) is 23.9 Å². The van der Waals surface area contributed by atoms with E-state index in [9.17, 15) is 9.59 Å². The maximum Gasteiger partial charge on any atom is 0.251 e. The van der Waals surface area contributed by atoms with Gasteiger partial charge in [-0.05, 0) is 23.6 Å². The Kier molecular flexibility index (Phi) is 6.36. The SMILES string of the molecule is CC(C)CNC(=O)CNC(=O)c1cccc(CCl)c1. The van der Waals surface area contributed by atoms with Gasteiger partial charge in [0.15, 0.2) is 0 Å². The van der Waals surface area contributed by atoms with Gasteiger partial charge in [0.1, 0.15) is 0 Å². The second-order valence-corrected chi connectivity index (χ2v) is 4.98. The van der Waals surface area contributed by atoms with Crippen LogP contribution in [0.4, 0.5) is 0 Å². The molecule has 4 nitrogen and oxygen atoms in total. The zero-order valence-electron chi connectivity index (χ0n) is 11.2. The molecule has 0 saturated carbocycles. The van der Waals surface area contributed by atoms with Crippen molar-refractivity contribution in [1.82, 2.24) is 10.6 Å². The fourth-order valence-corrected chi connectivity index (χ4v) is 1.61. The fraction of sp³-hybridized carbons (Fsp3) is 0.429.